The Balaban J connectivity index is 1.45. The molecule has 4 aromatic rings. The molecule has 0 saturated heterocycles. The van der Waals surface area contributed by atoms with Gasteiger partial charge in [0.05, 0.1) is 18.3 Å². The Kier molecular flexibility index (Phi) is 5.52. The monoisotopic (exact) mass is 385 g/mol. The van der Waals surface area contributed by atoms with Crippen LogP contribution in [-0.4, -0.2) is 28.6 Å². The smallest absolute Gasteiger partial charge is 0.136 e. The zero-order valence-electron chi connectivity index (χ0n) is 16.5. The molecule has 2 aromatic carbocycles. The van der Waals surface area contributed by atoms with Gasteiger partial charge in [-0.3, -0.25) is 4.98 Å². The predicted octanol–water partition coefficient (Wildman–Crippen LogP) is 4.74. The number of nitrogens with one attached hydrogen (secondary N) is 2. The fraction of sp³-hybridized carbons (Fsp3) is 0.174. The van der Waals surface area contributed by atoms with Gasteiger partial charge in [0.25, 0.3) is 0 Å². The van der Waals surface area contributed by atoms with Gasteiger partial charge in [-0.05, 0) is 43.2 Å². The first-order valence-electron chi connectivity index (χ1n) is 9.54. The van der Waals surface area contributed by atoms with Gasteiger partial charge < -0.3 is 15.4 Å². The van der Waals surface area contributed by atoms with E-state index in [-0.39, 0.29) is 0 Å². The summed E-state index contributed by atoms with van der Waals surface area (Å²) >= 11 is 0. The summed E-state index contributed by atoms with van der Waals surface area (Å²) in [5, 5.41) is 7.85. The zero-order chi connectivity index (χ0) is 20.1. The number of nitrogens with zero attached hydrogens (tertiary/aromatic N) is 3. The van der Waals surface area contributed by atoms with Crippen molar-refractivity contribution in [3.63, 3.8) is 0 Å². The van der Waals surface area contributed by atoms with Crippen molar-refractivity contribution in [3.8, 4) is 5.75 Å². The molecule has 2 N–H and O–H groups in total. The van der Waals surface area contributed by atoms with Crippen LogP contribution in [0.3, 0.4) is 0 Å². The van der Waals surface area contributed by atoms with E-state index in [0.29, 0.717) is 5.82 Å². The lowest BCUT2D eigenvalue weighted by Gasteiger charge is -2.11. The van der Waals surface area contributed by atoms with Crippen LogP contribution in [0.2, 0.25) is 0 Å². The highest BCUT2D eigenvalue weighted by molar-refractivity contribution is 5.91. The van der Waals surface area contributed by atoms with Crippen LogP contribution in [0.15, 0.2) is 66.9 Å². The maximum absolute atomic E-state index is 5.20. The summed E-state index contributed by atoms with van der Waals surface area (Å²) in [5.41, 5.74) is 3.08. The maximum atomic E-state index is 5.20. The predicted molar refractivity (Wildman–Crippen MR) is 117 cm³/mol. The molecule has 2 aromatic heterocycles. The molecule has 0 atom stereocenters. The van der Waals surface area contributed by atoms with E-state index in [1.54, 1.807) is 13.3 Å². The Morgan fingerprint density at radius 2 is 1.72 bits per heavy atom. The molecule has 0 bridgehead atoms. The van der Waals surface area contributed by atoms with E-state index < -0.39 is 0 Å². The number of ether oxygens (including phenoxy) is 1. The summed E-state index contributed by atoms with van der Waals surface area (Å²) in [5.74, 6) is 3.10. The lowest BCUT2D eigenvalue weighted by Crippen LogP contribution is -2.08. The number of rotatable bonds is 7. The molecule has 6 nitrogen and oxygen atoms in total. The van der Waals surface area contributed by atoms with Crippen molar-refractivity contribution in [3.05, 3.63) is 78.2 Å². The van der Waals surface area contributed by atoms with Crippen LogP contribution >= 0.6 is 0 Å². The van der Waals surface area contributed by atoms with E-state index in [1.165, 1.54) is 5.56 Å². The van der Waals surface area contributed by atoms with Crippen molar-refractivity contribution < 1.29 is 4.74 Å². The molecular weight excluding hydrogens is 362 g/mol. The summed E-state index contributed by atoms with van der Waals surface area (Å²) in [6.45, 7) is 2.67. The molecular formula is C23H23N5O. The number of aromatic nitrogens is 3. The standard InChI is InChI=1S/C23H23N5O/c1-16-26-21(24-14-12-17-8-10-19(29-2)11-9-17)15-22(27-16)28-20-7-3-5-18-6-4-13-25-23(18)20/h3-11,13,15H,12,14H2,1-2H3,(H2,24,26,27,28). The summed E-state index contributed by atoms with van der Waals surface area (Å²) in [7, 11) is 1.67. The molecule has 146 valence electrons. The minimum atomic E-state index is 0.704. The number of hydrogen-bond acceptors (Lipinski definition) is 6. The van der Waals surface area contributed by atoms with Crippen molar-refractivity contribution >= 4 is 28.2 Å². The van der Waals surface area contributed by atoms with Gasteiger partial charge >= 0.3 is 0 Å². The number of fused-ring (bicyclic) bond motifs is 1. The molecule has 4 rings (SSSR count). The fourth-order valence-electron chi connectivity index (χ4n) is 3.19. The van der Waals surface area contributed by atoms with Gasteiger partial charge in [0.2, 0.25) is 0 Å². The van der Waals surface area contributed by atoms with Crippen LogP contribution < -0.4 is 15.4 Å². The lowest BCUT2D eigenvalue weighted by molar-refractivity contribution is 0.414. The molecule has 2 heterocycles. The molecule has 0 unspecified atom stereocenters. The molecule has 0 aliphatic rings. The van der Waals surface area contributed by atoms with Crippen molar-refractivity contribution in [1.29, 1.82) is 0 Å². The number of benzene rings is 2. The van der Waals surface area contributed by atoms with Gasteiger partial charge in [-0.25, -0.2) is 9.97 Å². The quantitative estimate of drug-likeness (QED) is 0.479. The average Bonchev–Trinajstić information content (AvgIpc) is 2.74. The number of para-hydroxylation sites is 1. The van der Waals surface area contributed by atoms with Crippen molar-refractivity contribution in [2.75, 3.05) is 24.3 Å². The van der Waals surface area contributed by atoms with Crippen LogP contribution in [0.1, 0.15) is 11.4 Å². The molecule has 0 spiro atoms. The highest BCUT2D eigenvalue weighted by Gasteiger charge is 2.06. The van der Waals surface area contributed by atoms with E-state index in [9.17, 15) is 0 Å². The highest BCUT2D eigenvalue weighted by Crippen LogP contribution is 2.24. The van der Waals surface area contributed by atoms with Gasteiger partial charge in [0, 0.05) is 24.2 Å². The van der Waals surface area contributed by atoms with E-state index in [1.807, 2.05) is 55.5 Å². The van der Waals surface area contributed by atoms with E-state index in [4.69, 9.17) is 4.74 Å². The van der Waals surface area contributed by atoms with Gasteiger partial charge in [-0.15, -0.1) is 0 Å². The number of aryl methyl sites for hydroxylation is 1. The highest BCUT2D eigenvalue weighted by atomic mass is 16.5. The maximum Gasteiger partial charge on any atom is 0.136 e. The number of methoxy groups -OCH3 is 1. The van der Waals surface area contributed by atoms with Crippen molar-refractivity contribution in [2.24, 2.45) is 0 Å². The first-order chi connectivity index (χ1) is 14.2. The number of anilines is 3. The largest absolute Gasteiger partial charge is 0.497 e. The average molecular weight is 385 g/mol. The summed E-state index contributed by atoms with van der Waals surface area (Å²) in [6.07, 6.45) is 2.69. The third-order valence-electron chi connectivity index (χ3n) is 4.61. The minimum Gasteiger partial charge on any atom is -0.497 e. The molecule has 6 heteroatoms. The Hall–Kier alpha value is -3.67. The van der Waals surface area contributed by atoms with Gasteiger partial charge in [0.1, 0.15) is 23.2 Å². The second-order valence-electron chi connectivity index (χ2n) is 6.72. The normalized spacial score (nSPS) is 10.7. The van der Waals surface area contributed by atoms with Crippen LogP contribution in [0.5, 0.6) is 5.75 Å². The second-order valence-corrected chi connectivity index (χ2v) is 6.72. The van der Waals surface area contributed by atoms with E-state index >= 15 is 0 Å². The summed E-state index contributed by atoms with van der Waals surface area (Å²) < 4.78 is 5.20. The molecule has 29 heavy (non-hydrogen) atoms. The lowest BCUT2D eigenvalue weighted by atomic mass is 10.1. The molecule has 0 amide bonds. The molecule has 0 saturated carbocycles. The number of hydrogen-bond donors (Lipinski definition) is 2. The van der Waals surface area contributed by atoms with Crippen molar-refractivity contribution in [2.45, 2.75) is 13.3 Å². The Bertz CT molecular complexity index is 1110. The third-order valence-corrected chi connectivity index (χ3v) is 4.61. The Morgan fingerprint density at radius 3 is 2.55 bits per heavy atom. The molecule has 0 aliphatic carbocycles. The van der Waals surface area contributed by atoms with E-state index in [0.717, 1.165) is 46.9 Å². The van der Waals surface area contributed by atoms with Crippen LogP contribution in [0, 0.1) is 6.92 Å². The van der Waals surface area contributed by atoms with Crippen molar-refractivity contribution in [1.82, 2.24) is 15.0 Å². The van der Waals surface area contributed by atoms with Crippen LogP contribution in [-0.2, 0) is 6.42 Å². The summed E-state index contributed by atoms with van der Waals surface area (Å²) in [6, 6.07) is 20.1. The SMILES string of the molecule is COc1ccc(CCNc2cc(Nc3cccc4cccnc34)nc(C)n2)cc1. The van der Waals surface area contributed by atoms with Gasteiger partial charge in [0.15, 0.2) is 0 Å². The fourth-order valence-corrected chi connectivity index (χ4v) is 3.19. The second kappa shape index (κ2) is 8.56. The van der Waals surface area contributed by atoms with Crippen LogP contribution in [0.4, 0.5) is 17.3 Å². The first kappa shape index (κ1) is 18.7. The molecule has 0 fully saturated rings. The van der Waals surface area contributed by atoms with E-state index in [2.05, 4.69) is 37.7 Å². The van der Waals surface area contributed by atoms with Gasteiger partial charge in [-0.2, -0.15) is 0 Å². The summed E-state index contributed by atoms with van der Waals surface area (Å²) in [4.78, 5) is 13.5. The Morgan fingerprint density at radius 1 is 0.931 bits per heavy atom. The topological polar surface area (TPSA) is 72.0 Å². The minimum absolute atomic E-state index is 0.704. The molecule has 0 radical (unpaired) electrons. The third kappa shape index (κ3) is 4.60. The Labute approximate surface area is 170 Å². The molecule has 0 aliphatic heterocycles. The first-order valence-corrected chi connectivity index (χ1v) is 9.54. The zero-order valence-corrected chi connectivity index (χ0v) is 16.5. The number of pyridine rings is 1. The van der Waals surface area contributed by atoms with Crippen LogP contribution in [0.25, 0.3) is 10.9 Å². The van der Waals surface area contributed by atoms with Gasteiger partial charge in [-0.1, -0.05) is 30.3 Å².